The fourth-order valence-corrected chi connectivity index (χ4v) is 3.06. The Hall–Kier alpha value is -3.86. The van der Waals surface area contributed by atoms with Crippen molar-refractivity contribution in [2.75, 3.05) is 0 Å². The highest BCUT2D eigenvalue weighted by atomic mass is 16.5. The zero-order chi connectivity index (χ0) is 20.1. The fourth-order valence-electron chi connectivity index (χ4n) is 3.06. The molecule has 0 spiro atoms. The van der Waals surface area contributed by atoms with Gasteiger partial charge < -0.3 is 14.6 Å². The molecule has 5 nitrogen and oxygen atoms in total. The van der Waals surface area contributed by atoms with Crippen LogP contribution in [0.5, 0.6) is 11.5 Å². The molecule has 0 saturated carbocycles. The summed E-state index contributed by atoms with van der Waals surface area (Å²) in [6.07, 6.45) is 5.39. The molecule has 1 unspecified atom stereocenters. The van der Waals surface area contributed by atoms with Crippen LogP contribution < -0.4 is 10.1 Å². The molecule has 4 aromatic rings. The van der Waals surface area contributed by atoms with E-state index in [1.54, 1.807) is 24.7 Å². The van der Waals surface area contributed by atoms with E-state index in [0.717, 1.165) is 11.3 Å². The third-order valence-electron chi connectivity index (χ3n) is 4.65. The zero-order valence-electron chi connectivity index (χ0n) is 16.0. The minimum atomic E-state index is -0.178. The van der Waals surface area contributed by atoms with Gasteiger partial charge in [-0.3, -0.25) is 4.79 Å². The van der Waals surface area contributed by atoms with Crippen molar-refractivity contribution in [3.05, 3.63) is 109 Å². The smallest absolute Gasteiger partial charge is 0.255 e. The summed E-state index contributed by atoms with van der Waals surface area (Å²) in [5.74, 6) is 1.04. The average molecular weight is 383 g/mol. The first kappa shape index (κ1) is 18.5. The van der Waals surface area contributed by atoms with Crippen LogP contribution in [0.2, 0.25) is 0 Å². The summed E-state index contributed by atoms with van der Waals surface area (Å²) in [4.78, 5) is 17.0. The number of hydrogen-bond acceptors (Lipinski definition) is 3. The first-order chi connectivity index (χ1) is 14.2. The zero-order valence-corrected chi connectivity index (χ0v) is 16.0. The van der Waals surface area contributed by atoms with Crippen molar-refractivity contribution in [2.45, 2.75) is 13.0 Å². The van der Waals surface area contributed by atoms with E-state index in [-0.39, 0.29) is 11.9 Å². The number of hydrogen-bond donors (Lipinski definition) is 1. The molecule has 0 aliphatic rings. The molecule has 0 aliphatic carbocycles. The molecule has 29 heavy (non-hydrogen) atoms. The van der Waals surface area contributed by atoms with Gasteiger partial charge in [-0.1, -0.05) is 42.5 Å². The summed E-state index contributed by atoms with van der Waals surface area (Å²) in [6, 6.07) is 24.6. The van der Waals surface area contributed by atoms with E-state index >= 15 is 0 Å². The Balaban J connectivity index is 1.48. The van der Waals surface area contributed by atoms with Gasteiger partial charge in [0.25, 0.3) is 5.91 Å². The number of para-hydroxylation sites is 2. The van der Waals surface area contributed by atoms with Gasteiger partial charge in [0.1, 0.15) is 11.5 Å². The number of benzene rings is 3. The van der Waals surface area contributed by atoms with Crippen molar-refractivity contribution in [3.8, 4) is 17.2 Å². The second kappa shape index (κ2) is 8.44. The van der Waals surface area contributed by atoms with E-state index in [9.17, 15) is 4.79 Å². The Morgan fingerprint density at radius 1 is 0.966 bits per heavy atom. The van der Waals surface area contributed by atoms with Crippen LogP contribution in [0.3, 0.4) is 0 Å². The third kappa shape index (κ3) is 4.35. The van der Waals surface area contributed by atoms with E-state index in [1.807, 2.05) is 84.4 Å². The number of nitrogens with one attached hydrogen (secondary N) is 1. The first-order valence-corrected chi connectivity index (χ1v) is 9.42. The maximum absolute atomic E-state index is 12.9. The minimum absolute atomic E-state index is 0.149. The molecule has 5 heteroatoms. The van der Waals surface area contributed by atoms with E-state index < -0.39 is 0 Å². The van der Waals surface area contributed by atoms with Crippen LogP contribution in [-0.4, -0.2) is 15.5 Å². The van der Waals surface area contributed by atoms with Crippen LogP contribution in [0.1, 0.15) is 28.9 Å². The van der Waals surface area contributed by atoms with Gasteiger partial charge in [0, 0.05) is 18.1 Å². The maximum Gasteiger partial charge on any atom is 0.255 e. The molecule has 1 aromatic heterocycles. The lowest BCUT2D eigenvalue weighted by atomic mass is 10.1. The quantitative estimate of drug-likeness (QED) is 0.501. The van der Waals surface area contributed by atoms with Gasteiger partial charge in [0.15, 0.2) is 0 Å². The highest BCUT2D eigenvalue weighted by Crippen LogP contribution is 2.26. The molecule has 1 heterocycles. The number of imidazole rings is 1. The Bertz CT molecular complexity index is 1070. The maximum atomic E-state index is 12.9. The van der Waals surface area contributed by atoms with Gasteiger partial charge in [0.2, 0.25) is 0 Å². The van der Waals surface area contributed by atoms with Crippen molar-refractivity contribution < 1.29 is 9.53 Å². The monoisotopic (exact) mass is 383 g/mol. The number of amides is 1. The predicted molar refractivity (Wildman–Crippen MR) is 112 cm³/mol. The Labute approximate surface area is 169 Å². The van der Waals surface area contributed by atoms with E-state index in [4.69, 9.17) is 4.74 Å². The minimum Gasteiger partial charge on any atom is -0.457 e. The largest absolute Gasteiger partial charge is 0.457 e. The van der Waals surface area contributed by atoms with Crippen LogP contribution >= 0.6 is 0 Å². The van der Waals surface area contributed by atoms with E-state index in [0.29, 0.717) is 17.1 Å². The van der Waals surface area contributed by atoms with Gasteiger partial charge in [0.05, 0.1) is 17.9 Å². The predicted octanol–water partition coefficient (Wildman–Crippen LogP) is 5.16. The topological polar surface area (TPSA) is 56.1 Å². The highest BCUT2D eigenvalue weighted by molar-refractivity contribution is 5.97. The van der Waals surface area contributed by atoms with Gasteiger partial charge in [-0.25, -0.2) is 4.98 Å². The molecule has 0 aliphatic heterocycles. The van der Waals surface area contributed by atoms with Gasteiger partial charge in [-0.2, -0.15) is 0 Å². The molecular formula is C24H21N3O2. The van der Waals surface area contributed by atoms with Gasteiger partial charge >= 0.3 is 0 Å². The first-order valence-electron chi connectivity index (χ1n) is 9.42. The van der Waals surface area contributed by atoms with Crippen LogP contribution in [0.25, 0.3) is 5.69 Å². The van der Waals surface area contributed by atoms with Crippen molar-refractivity contribution in [3.63, 3.8) is 0 Å². The van der Waals surface area contributed by atoms with Crippen LogP contribution in [0.15, 0.2) is 97.6 Å². The summed E-state index contributed by atoms with van der Waals surface area (Å²) in [6.45, 7) is 1.96. The summed E-state index contributed by atoms with van der Waals surface area (Å²) in [5.41, 5.74) is 2.54. The second-order valence-electron chi connectivity index (χ2n) is 6.67. The molecule has 0 bridgehead atoms. The standard InChI is InChI=1S/C24H21N3O2/c1-18(19-11-13-20(14-12-19)27-16-15-25-17-27)26-24(28)22-9-5-6-10-23(22)29-21-7-3-2-4-8-21/h2-18H,1H3,(H,26,28). The number of ether oxygens (including phenoxy) is 1. The normalized spacial score (nSPS) is 11.6. The fraction of sp³-hybridized carbons (Fsp3) is 0.0833. The Kier molecular flexibility index (Phi) is 5.38. The highest BCUT2D eigenvalue weighted by Gasteiger charge is 2.16. The second-order valence-corrected chi connectivity index (χ2v) is 6.67. The van der Waals surface area contributed by atoms with Crippen molar-refractivity contribution in [2.24, 2.45) is 0 Å². The van der Waals surface area contributed by atoms with E-state index in [2.05, 4.69) is 10.3 Å². The summed E-state index contributed by atoms with van der Waals surface area (Å²) < 4.78 is 7.84. The lowest BCUT2D eigenvalue weighted by Crippen LogP contribution is -2.27. The summed E-state index contributed by atoms with van der Waals surface area (Å²) >= 11 is 0. The molecule has 1 atom stereocenters. The Morgan fingerprint density at radius 2 is 1.69 bits per heavy atom. The molecule has 0 saturated heterocycles. The van der Waals surface area contributed by atoms with Crippen molar-refractivity contribution in [1.29, 1.82) is 0 Å². The number of rotatable bonds is 6. The van der Waals surface area contributed by atoms with Gasteiger partial charge in [-0.15, -0.1) is 0 Å². The van der Waals surface area contributed by atoms with Gasteiger partial charge in [-0.05, 0) is 48.9 Å². The molecule has 0 radical (unpaired) electrons. The molecule has 1 N–H and O–H groups in total. The van der Waals surface area contributed by atoms with Crippen LogP contribution in [-0.2, 0) is 0 Å². The lowest BCUT2D eigenvalue weighted by Gasteiger charge is -2.17. The SMILES string of the molecule is CC(NC(=O)c1ccccc1Oc1ccccc1)c1ccc(-n2ccnc2)cc1. The summed E-state index contributed by atoms with van der Waals surface area (Å²) in [7, 11) is 0. The van der Waals surface area contributed by atoms with Crippen LogP contribution in [0, 0.1) is 0 Å². The molecule has 4 rings (SSSR count). The molecule has 1 amide bonds. The molecule has 3 aromatic carbocycles. The van der Waals surface area contributed by atoms with Crippen molar-refractivity contribution >= 4 is 5.91 Å². The Morgan fingerprint density at radius 3 is 2.41 bits per heavy atom. The number of carbonyl (C=O) groups is 1. The molecule has 144 valence electrons. The number of nitrogens with zero attached hydrogens (tertiary/aromatic N) is 2. The summed E-state index contributed by atoms with van der Waals surface area (Å²) in [5, 5.41) is 3.05. The average Bonchev–Trinajstić information content (AvgIpc) is 3.30. The lowest BCUT2D eigenvalue weighted by molar-refractivity contribution is 0.0937. The molecule has 0 fully saturated rings. The third-order valence-corrected chi connectivity index (χ3v) is 4.65. The number of aromatic nitrogens is 2. The number of carbonyl (C=O) groups excluding carboxylic acids is 1. The molecular weight excluding hydrogens is 362 g/mol. The van der Waals surface area contributed by atoms with E-state index in [1.165, 1.54) is 0 Å². The van der Waals surface area contributed by atoms with Crippen LogP contribution in [0.4, 0.5) is 0 Å². The van der Waals surface area contributed by atoms with Crippen molar-refractivity contribution in [1.82, 2.24) is 14.9 Å².